The zero-order valence-electron chi connectivity index (χ0n) is 12.9. The number of hydrogen-bond donors (Lipinski definition) is 1. The summed E-state index contributed by atoms with van der Waals surface area (Å²) in [5, 5.41) is 14.5. The molecule has 1 saturated heterocycles. The number of nitro groups is 1. The van der Waals surface area contributed by atoms with Crippen molar-refractivity contribution in [3.05, 3.63) is 27.0 Å². The first-order valence-corrected chi connectivity index (χ1v) is 8.52. The topological polar surface area (TPSA) is 77.3 Å². The minimum absolute atomic E-state index is 0.0000464. The molecule has 0 spiro atoms. The lowest BCUT2D eigenvalue weighted by molar-refractivity contribution is -0.384. The van der Waals surface area contributed by atoms with E-state index >= 15 is 0 Å². The van der Waals surface area contributed by atoms with Gasteiger partial charge in [0.1, 0.15) is 11.9 Å². The molecule has 0 aliphatic carbocycles. The van der Waals surface area contributed by atoms with E-state index in [4.69, 9.17) is 4.74 Å². The van der Waals surface area contributed by atoms with Crippen LogP contribution in [0.25, 0.3) is 0 Å². The molecule has 2 atom stereocenters. The zero-order chi connectivity index (χ0) is 16.1. The Hall–Kier alpha value is -1.21. The first-order valence-electron chi connectivity index (χ1n) is 7.72. The third-order valence-corrected chi connectivity index (χ3v) is 4.92. The summed E-state index contributed by atoms with van der Waals surface area (Å²) in [7, 11) is 0. The summed E-state index contributed by atoms with van der Waals surface area (Å²) >= 11 is 3.35. The third-order valence-electron chi connectivity index (χ3n) is 4.31. The van der Waals surface area contributed by atoms with Crippen LogP contribution in [0.4, 0.5) is 11.4 Å². The third kappa shape index (κ3) is 3.95. The zero-order valence-corrected chi connectivity index (χ0v) is 14.5. The number of halogens is 1. The van der Waals surface area contributed by atoms with E-state index in [1.165, 1.54) is 6.20 Å². The van der Waals surface area contributed by atoms with Crippen LogP contribution in [0.15, 0.2) is 16.9 Å². The monoisotopic (exact) mass is 371 g/mol. The van der Waals surface area contributed by atoms with Gasteiger partial charge in [0, 0.05) is 18.8 Å². The lowest BCUT2D eigenvalue weighted by Crippen LogP contribution is -2.38. The van der Waals surface area contributed by atoms with Crippen molar-refractivity contribution in [1.82, 2.24) is 4.98 Å². The molecule has 7 heteroatoms. The molecule has 122 valence electrons. The first kappa shape index (κ1) is 17.1. The van der Waals surface area contributed by atoms with Crippen LogP contribution in [0.1, 0.15) is 39.5 Å². The Kier molecular flexibility index (Phi) is 6.14. The Balaban J connectivity index is 2.12. The predicted molar refractivity (Wildman–Crippen MR) is 89.0 cm³/mol. The lowest BCUT2D eigenvalue weighted by atomic mass is 9.89. The van der Waals surface area contributed by atoms with Crippen LogP contribution < -0.4 is 5.32 Å². The Morgan fingerprint density at radius 3 is 2.86 bits per heavy atom. The maximum Gasteiger partial charge on any atom is 0.311 e. The standard InChI is InChI=1S/C15H22BrN3O3/c1-3-10(4-2)14-7-11(5-6-22-14)18-15-12(16)8-17-9-13(15)19(20)21/h8-11,14H,3-7H2,1-2H3,(H,17,18). The summed E-state index contributed by atoms with van der Waals surface area (Å²) in [5.41, 5.74) is 0.509. The maximum atomic E-state index is 11.2. The van der Waals surface area contributed by atoms with Crippen molar-refractivity contribution in [2.24, 2.45) is 5.92 Å². The molecule has 22 heavy (non-hydrogen) atoms. The van der Waals surface area contributed by atoms with Crippen molar-refractivity contribution in [3.63, 3.8) is 0 Å². The fourth-order valence-electron chi connectivity index (χ4n) is 3.01. The number of rotatable bonds is 6. The second-order valence-electron chi connectivity index (χ2n) is 5.62. The van der Waals surface area contributed by atoms with Gasteiger partial charge in [0.2, 0.25) is 0 Å². The molecule has 1 fully saturated rings. The molecule has 1 aliphatic heterocycles. The number of ether oxygens (including phenoxy) is 1. The molecule has 0 bridgehead atoms. The van der Waals surface area contributed by atoms with Gasteiger partial charge in [-0.15, -0.1) is 0 Å². The van der Waals surface area contributed by atoms with Crippen LogP contribution in [-0.2, 0) is 4.74 Å². The molecule has 1 aromatic rings. The van der Waals surface area contributed by atoms with Gasteiger partial charge in [-0.05, 0) is 34.7 Å². The highest BCUT2D eigenvalue weighted by Gasteiger charge is 2.29. The quantitative estimate of drug-likeness (QED) is 0.600. The van der Waals surface area contributed by atoms with E-state index in [1.807, 2.05) is 0 Å². The molecule has 0 radical (unpaired) electrons. The van der Waals surface area contributed by atoms with Crippen molar-refractivity contribution in [2.75, 3.05) is 11.9 Å². The van der Waals surface area contributed by atoms with Crippen molar-refractivity contribution in [1.29, 1.82) is 0 Å². The highest BCUT2D eigenvalue weighted by molar-refractivity contribution is 9.10. The molecule has 1 aromatic heterocycles. The Bertz CT molecular complexity index is 523. The highest BCUT2D eigenvalue weighted by Crippen LogP contribution is 2.34. The fourth-order valence-corrected chi connectivity index (χ4v) is 3.45. The summed E-state index contributed by atoms with van der Waals surface area (Å²) in [5.74, 6) is 0.542. The Morgan fingerprint density at radius 2 is 2.23 bits per heavy atom. The van der Waals surface area contributed by atoms with Crippen LogP contribution in [0.3, 0.4) is 0 Å². The van der Waals surface area contributed by atoms with Crippen LogP contribution in [0.2, 0.25) is 0 Å². The molecule has 2 rings (SSSR count). The number of hydrogen-bond acceptors (Lipinski definition) is 5. The van der Waals surface area contributed by atoms with E-state index in [0.29, 0.717) is 22.7 Å². The van der Waals surface area contributed by atoms with E-state index in [9.17, 15) is 10.1 Å². The van der Waals surface area contributed by atoms with E-state index < -0.39 is 4.92 Å². The average molecular weight is 372 g/mol. The van der Waals surface area contributed by atoms with E-state index in [1.54, 1.807) is 6.20 Å². The van der Waals surface area contributed by atoms with Gasteiger partial charge in [0.25, 0.3) is 0 Å². The van der Waals surface area contributed by atoms with E-state index in [2.05, 4.69) is 40.1 Å². The molecule has 1 aliphatic rings. The van der Waals surface area contributed by atoms with Crippen molar-refractivity contribution in [3.8, 4) is 0 Å². The van der Waals surface area contributed by atoms with Crippen LogP contribution in [0.5, 0.6) is 0 Å². The van der Waals surface area contributed by atoms with Gasteiger partial charge in [-0.3, -0.25) is 15.1 Å². The lowest BCUT2D eigenvalue weighted by Gasteiger charge is -2.34. The van der Waals surface area contributed by atoms with Gasteiger partial charge in [-0.1, -0.05) is 26.7 Å². The molecule has 2 heterocycles. The summed E-state index contributed by atoms with van der Waals surface area (Å²) < 4.78 is 6.52. The highest BCUT2D eigenvalue weighted by atomic mass is 79.9. The molecule has 6 nitrogen and oxygen atoms in total. The summed E-state index contributed by atoms with van der Waals surface area (Å²) in [6.07, 6.45) is 6.99. The largest absolute Gasteiger partial charge is 0.378 e. The number of nitrogens with one attached hydrogen (secondary N) is 1. The number of anilines is 1. The number of nitrogens with zero attached hydrogens (tertiary/aromatic N) is 2. The molecule has 1 N–H and O–H groups in total. The molecule has 2 unspecified atom stereocenters. The molecular weight excluding hydrogens is 350 g/mol. The van der Waals surface area contributed by atoms with Gasteiger partial charge < -0.3 is 10.1 Å². The number of aromatic nitrogens is 1. The van der Waals surface area contributed by atoms with Gasteiger partial charge >= 0.3 is 5.69 Å². The van der Waals surface area contributed by atoms with E-state index in [-0.39, 0.29) is 17.8 Å². The normalized spacial score (nSPS) is 21.8. The maximum absolute atomic E-state index is 11.2. The van der Waals surface area contributed by atoms with Crippen molar-refractivity contribution >= 4 is 27.3 Å². The second kappa shape index (κ2) is 7.87. The fraction of sp³-hybridized carbons (Fsp3) is 0.667. The predicted octanol–water partition coefficient (Wildman–Crippen LogP) is 4.15. The second-order valence-corrected chi connectivity index (χ2v) is 6.48. The molecular formula is C15H22BrN3O3. The molecule has 0 aromatic carbocycles. The van der Waals surface area contributed by atoms with Crippen LogP contribution in [-0.4, -0.2) is 28.7 Å². The number of pyridine rings is 1. The Morgan fingerprint density at radius 1 is 1.50 bits per heavy atom. The summed E-state index contributed by atoms with van der Waals surface area (Å²) in [6, 6.07) is 0.178. The molecule has 0 amide bonds. The van der Waals surface area contributed by atoms with Crippen molar-refractivity contribution in [2.45, 2.75) is 51.7 Å². The average Bonchev–Trinajstić information content (AvgIpc) is 2.51. The van der Waals surface area contributed by atoms with Crippen LogP contribution in [0, 0.1) is 16.0 Å². The first-order chi connectivity index (χ1) is 10.6. The summed E-state index contributed by atoms with van der Waals surface area (Å²) in [6.45, 7) is 5.05. The minimum Gasteiger partial charge on any atom is -0.378 e. The smallest absolute Gasteiger partial charge is 0.311 e. The summed E-state index contributed by atoms with van der Waals surface area (Å²) in [4.78, 5) is 14.6. The van der Waals surface area contributed by atoms with E-state index in [0.717, 1.165) is 25.7 Å². The minimum atomic E-state index is -0.405. The molecule has 0 saturated carbocycles. The van der Waals surface area contributed by atoms with Crippen LogP contribution >= 0.6 is 15.9 Å². The van der Waals surface area contributed by atoms with Gasteiger partial charge in [0.15, 0.2) is 0 Å². The van der Waals surface area contributed by atoms with Gasteiger partial charge in [-0.25, -0.2) is 0 Å². The Labute approximate surface area is 138 Å². The van der Waals surface area contributed by atoms with Gasteiger partial charge in [-0.2, -0.15) is 0 Å². The SMILES string of the molecule is CCC(CC)C1CC(Nc2c(Br)cncc2[N+](=O)[O-])CCO1. The van der Waals surface area contributed by atoms with Gasteiger partial charge in [0.05, 0.1) is 15.5 Å². The van der Waals surface area contributed by atoms with Crippen molar-refractivity contribution < 1.29 is 9.66 Å².